The molecule has 2 aromatic carbocycles. The van der Waals surface area contributed by atoms with Gasteiger partial charge in [0.1, 0.15) is 23.6 Å². The Morgan fingerprint density at radius 1 is 1.02 bits per heavy atom. The molecular weight excluding hydrogens is 635 g/mol. The number of aryl methyl sites for hydroxylation is 4. The fraction of sp³-hybridized carbons (Fsp3) is 0.486. The Kier molecular flexibility index (Phi) is 11.1. The highest BCUT2D eigenvalue weighted by Gasteiger charge is 2.38. The van der Waals surface area contributed by atoms with Crippen LogP contribution < -0.4 is 10.9 Å². The van der Waals surface area contributed by atoms with Crippen LogP contribution in [0.5, 0.6) is 0 Å². The van der Waals surface area contributed by atoms with Gasteiger partial charge >= 0.3 is 12.1 Å². The minimum Gasteiger partial charge on any atom is -0.481 e. The standard InChI is InChI=1S/C35H41F5N4O4/c1-18(2)9-29(44-34(48)27(35(38,39)40)14-25(42-44)7-8-43-16-24(36)17-43)33(47)41-28(15-30(45)46)26-13-23(12-22(6)32(26)37)31-20(4)10-19(3)11-21(31)5/h10-14,18,24,28-29H,7-9,15-17H2,1-6H3,(H,41,47)(H,45,46)/t28-,29-/m0/s1. The second kappa shape index (κ2) is 14.6. The van der Waals surface area contributed by atoms with E-state index in [-0.39, 0.29) is 55.2 Å². The summed E-state index contributed by atoms with van der Waals surface area (Å²) in [6.07, 6.45) is -6.99. The normalized spacial score (nSPS) is 15.3. The van der Waals surface area contributed by atoms with Gasteiger partial charge in [-0.3, -0.25) is 19.3 Å². The lowest BCUT2D eigenvalue weighted by molar-refractivity contribution is -0.140. The number of carbonyl (C=O) groups excluding carboxylic acids is 1. The minimum absolute atomic E-state index is 0.0388. The lowest BCUT2D eigenvalue weighted by Crippen LogP contribution is -2.49. The number of rotatable bonds is 12. The van der Waals surface area contributed by atoms with E-state index in [9.17, 15) is 37.1 Å². The summed E-state index contributed by atoms with van der Waals surface area (Å²) in [5, 5.41) is 16.5. The minimum atomic E-state index is -5.06. The van der Waals surface area contributed by atoms with Gasteiger partial charge < -0.3 is 10.4 Å². The molecule has 2 N–H and O–H groups in total. The average Bonchev–Trinajstić information content (AvgIpc) is 2.94. The first-order chi connectivity index (χ1) is 22.3. The fourth-order valence-corrected chi connectivity index (χ4v) is 6.34. The summed E-state index contributed by atoms with van der Waals surface area (Å²) in [5.74, 6) is -3.40. The largest absolute Gasteiger partial charge is 0.481 e. The quantitative estimate of drug-likeness (QED) is 0.215. The van der Waals surface area contributed by atoms with Crippen molar-refractivity contribution in [3.8, 4) is 11.1 Å². The number of carboxylic acid groups (broad SMARTS) is 1. The third-order valence-electron chi connectivity index (χ3n) is 8.50. The Balaban J connectivity index is 1.78. The molecule has 1 saturated heterocycles. The number of aromatic nitrogens is 2. The number of nitrogens with zero attached hydrogens (tertiary/aromatic N) is 3. The van der Waals surface area contributed by atoms with E-state index < -0.39 is 59.7 Å². The summed E-state index contributed by atoms with van der Waals surface area (Å²) in [5.41, 5.74) is 1.17. The molecule has 0 saturated carbocycles. The Hall–Kier alpha value is -4.13. The molecule has 1 fully saturated rings. The topological polar surface area (TPSA) is 105 Å². The van der Waals surface area contributed by atoms with E-state index in [4.69, 9.17) is 0 Å². The van der Waals surface area contributed by atoms with Crippen molar-refractivity contribution in [1.29, 1.82) is 0 Å². The number of carboxylic acids is 1. The number of alkyl halides is 4. The Morgan fingerprint density at radius 2 is 1.65 bits per heavy atom. The number of carbonyl (C=O) groups is 2. The molecule has 0 radical (unpaired) electrons. The average molecular weight is 677 g/mol. The van der Waals surface area contributed by atoms with Crippen molar-refractivity contribution in [3.05, 3.63) is 85.6 Å². The maximum Gasteiger partial charge on any atom is 0.421 e. The van der Waals surface area contributed by atoms with Crippen molar-refractivity contribution in [3.63, 3.8) is 0 Å². The number of hydrogen-bond acceptors (Lipinski definition) is 5. The van der Waals surface area contributed by atoms with Crippen molar-refractivity contribution in [2.24, 2.45) is 5.92 Å². The molecule has 13 heteroatoms. The molecule has 0 bridgehead atoms. The molecule has 8 nitrogen and oxygen atoms in total. The number of hydrogen-bond donors (Lipinski definition) is 2. The first-order valence-corrected chi connectivity index (χ1v) is 15.8. The fourth-order valence-electron chi connectivity index (χ4n) is 6.34. The molecule has 1 aliphatic rings. The summed E-state index contributed by atoms with van der Waals surface area (Å²) >= 11 is 0. The van der Waals surface area contributed by atoms with Gasteiger partial charge in [0.15, 0.2) is 0 Å². The summed E-state index contributed by atoms with van der Waals surface area (Å²) in [7, 11) is 0. The summed E-state index contributed by atoms with van der Waals surface area (Å²) < 4.78 is 71.8. The van der Waals surface area contributed by atoms with Crippen molar-refractivity contribution in [1.82, 2.24) is 20.0 Å². The molecule has 1 aromatic heterocycles. The van der Waals surface area contributed by atoms with E-state index in [1.165, 1.54) is 13.0 Å². The van der Waals surface area contributed by atoms with Crippen molar-refractivity contribution in [2.45, 2.75) is 85.2 Å². The maximum atomic E-state index is 15.8. The van der Waals surface area contributed by atoms with E-state index in [1.54, 1.807) is 24.8 Å². The molecule has 0 spiro atoms. The zero-order chi connectivity index (χ0) is 35.7. The number of likely N-dealkylation sites (tertiary alicyclic amines) is 1. The van der Waals surface area contributed by atoms with E-state index >= 15 is 4.39 Å². The predicted octanol–water partition coefficient (Wildman–Crippen LogP) is 6.42. The summed E-state index contributed by atoms with van der Waals surface area (Å²) in [4.78, 5) is 40.9. The molecule has 4 rings (SSSR count). The smallest absolute Gasteiger partial charge is 0.421 e. The highest BCUT2D eigenvalue weighted by molar-refractivity contribution is 5.82. The van der Waals surface area contributed by atoms with Crippen LogP contribution in [0, 0.1) is 39.4 Å². The number of amides is 1. The van der Waals surface area contributed by atoms with Gasteiger partial charge in [-0.25, -0.2) is 13.5 Å². The molecule has 0 unspecified atom stereocenters. The molecule has 1 amide bonds. The van der Waals surface area contributed by atoms with Crippen molar-refractivity contribution in [2.75, 3.05) is 19.6 Å². The number of benzene rings is 2. The van der Waals surface area contributed by atoms with Crippen LogP contribution in [0.4, 0.5) is 22.0 Å². The highest BCUT2D eigenvalue weighted by atomic mass is 19.4. The van der Waals surface area contributed by atoms with Gasteiger partial charge in [0, 0.05) is 31.6 Å². The van der Waals surface area contributed by atoms with Gasteiger partial charge in [-0.15, -0.1) is 0 Å². The zero-order valence-electron chi connectivity index (χ0n) is 27.8. The van der Waals surface area contributed by atoms with Crippen LogP contribution >= 0.6 is 0 Å². The highest BCUT2D eigenvalue weighted by Crippen LogP contribution is 2.34. The molecule has 2 atom stereocenters. The number of nitrogens with one attached hydrogen (secondary N) is 1. The Labute approximate surface area is 276 Å². The Bertz CT molecular complexity index is 1720. The van der Waals surface area contributed by atoms with Gasteiger partial charge in [-0.2, -0.15) is 18.3 Å². The molecule has 260 valence electrons. The van der Waals surface area contributed by atoms with Crippen LogP contribution in [0.3, 0.4) is 0 Å². The van der Waals surface area contributed by atoms with Crippen LogP contribution in [0.25, 0.3) is 11.1 Å². The van der Waals surface area contributed by atoms with Gasteiger partial charge in [0.2, 0.25) is 5.91 Å². The van der Waals surface area contributed by atoms with Crippen LogP contribution in [0.1, 0.15) is 77.8 Å². The third-order valence-corrected chi connectivity index (χ3v) is 8.50. The molecular formula is C35H41F5N4O4. The van der Waals surface area contributed by atoms with Gasteiger partial charge in [0.25, 0.3) is 5.56 Å². The van der Waals surface area contributed by atoms with Crippen molar-refractivity contribution < 1.29 is 36.6 Å². The molecule has 0 aliphatic carbocycles. The van der Waals surface area contributed by atoms with Gasteiger partial charge in [-0.1, -0.05) is 31.5 Å². The second-order valence-electron chi connectivity index (χ2n) is 13.2. The Morgan fingerprint density at radius 3 is 2.19 bits per heavy atom. The molecule has 2 heterocycles. The van der Waals surface area contributed by atoms with Crippen LogP contribution in [-0.2, 0) is 22.2 Å². The monoisotopic (exact) mass is 676 g/mol. The van der Waals surface area contributed by atoms with Crippen LogP contribution in [-0.4, -0.2) is 57.5 Å². The molecule has 1 aliphatic heterocycles. The molecule has 3 aromatic rings. The number of halogens is 5. The predicted molar refractivity (Wildman–Crippen MR) is 171 cm³/mol. The van der Waals surface area contributed by atoms with Crippen LogP contribution in [0.15, 0.2) is 35.1 Å². The third kappa shape index (κ3) is 8.47. The van der Waals surface area contributed by atoms with Crippen LogP contribution in [0.2, 0.25) is 0 Å². The first-order valence-electron chi connectivity index (χ1n) is 15.8. The number of aliphatic carboxylic acids is 1. The summed E-state index contributed by atoms with van der Waals surface area (Å²) in [6.45, 7) is 11.1. The van der Waals surface area contributed by atoms with E-state index in [2.05, 4.69) is 10.4 Å². The van der Waals surface area contributed by atoms with E-state index in [1.807, 2.05) is 32.9 Å². The molecule has 48 heavy (non-hydrogen) atoms. The summed E-state index contributed by atoms with van der Waals surface area (Å²) in [6, 6.07) is 4.65. The lowest BCUT2D eigenvalue weighted by atomic mass is 9.89. The SMILES string of the molecule is Cc1cc(C)c(-c2cc(C)c(F)c([C@H](CC(=O)O)NC(=O)[C@H](CC(C)C)n3nc(CCN4CC(F)C4)cc(C(F)(F)F)c3=O)c2)c(C)c1. The van der Waals surface area contributed by atoms with Gasteiger partial charge in [0.05, 0.1) is 18.2 Å². The van der Waals surface area contributed by atoms with Crippen molar-refractivity contribution >= 4 is 11.9 Å². The first kappa shape index (κ1) is 36.7. The van der Waals surface area contributed by atoms with Gasteiger partial charge in [-0.05, 0) is 86.1 Å². The maximum absolute atomic E-state index is 15.8. The lowest BCUT2D eigenvalue weighted by Gasteiger charge is -2.34. The van der Waals surface area contributed by atoms with E-state index in [0.717, 1.165) is 22.3 Å². The second-order valence-corrected chi connectivity index (χ2v) is 13.2. The zero-order valence-corrected chi connectivity index (χ0v) is 27.8. The van der Waals surface area contributed by atoms with E-state index in [0.29, 0.717) is 16.3 Å².